The topological polar surface area (TPSA) is 52.6 Å². The fourth-order valence-electron chi connectivity index (χ4n) is 2.71. The van der Waals surface area contributed by atoms with E-state index in [2.05, 4.69) is 5.32 Å². The number of anilines is 1. The van der Waals surface area contributed by atoms with Gasteiger partial charge in [-0.3, -0.25) is 10.2 Å². The molecule has 0 saturated carbocycles. The molecule has 3 rings (SSSR count). The van der Waals surface area contributed by atoms with Crippen LogP contribution in [-0.4, -0.2) is 29.3 Å². The van der Waals surface area contributed by atoms with Crippen molar-refractivity contribution in [3.63, 3.8) is 0 Å². The number of carbonyl (C=O) groups is 1. The third-order valence-corrected chi connectivity index (χ3v) is 4.21. The first kappa shape index (κ1) is 17.1. The number of nitrogens with zero attached hydrogens (tertiary/aromatic N) is 1. The number of amides is 2. The van der Waals surface area contributed by atoms with Gasteiger partial charge in [0, 0.05) is 11.3 Å². The second kappa shape index (κ2) is 7.88. The first-order valence-electron chi connectivity index (χ1n) is 7.97. The molecule has 2 N–H and O–H groups in total. The van der Waals surface area contributed by atoms with Crippen LogP contribution in [-0.2, 0) is 0 Å². The molecular weight excluding hydrogens is 332 g/mol. The Labute approximate surface area is 151 Å². The number of aliphatic hydroxyl groups is 1. The maximum atomic E-state index is 12.7. The van der Waals surface area contributed by atoms with Crippen molar-refractivity contribution in [3.05, 3.63) is 78.4 Å². The first-order valence-corrected chi connectivity index (χ1v) is 8.38. The summed E-state index contributed by atoms with van der Waals surface area (Å²) in [6.07, 6.45) is 0. The third-order valence-electron chi connectivity index (χ3n) is 3.89. The van der Waals surface area contributed by atoms with Gasteiger partial charge in [0.2, 0.25) is 0 Å². The van der Waals surface area contributed by atoms with Crippen LogP contribution in [0.1, 0.15) is 5.56 Å². The van der Waals surface area contributed by atoms with Crippen LogP contribution in [0.5, 0.6) is 0 Å². The van der Waals surface area contributed by atoms with E-state index in [9.17, 15) is 9.90 Å². The van der Waals surface area contributed by atoms with Gasteiger partial charge in [0.05, 0.1) is 13.2 Å². The van der Waals surface area contributed by atoms with E-state index in [-0.39, 0.29) is 19.2 Å². The fourth-order valence-corrected chi connectivity index (χ4v) is 2.98. The van der Waals surface area contributed by atoms with Gasteiger partial charge in [-0.2, -0.15) is 0 Å². The van der Waals surface area contributed by atoms with Gasteiger partial charge in [-0.1, -0.05) is 72.9 Å². The van der Waals surface area contributed by atoms with Crippen molar-refractivity contribution in [2.24, 2.45) is 0 Å². The maximum absolute atomic E-state index is 12.7. The Morgan fingerprint density at radius 1 is 0.960 bits per heavy atom. The molecule has 0 atom stereocenters. The maximum Gasteiger partial charge on any atom is 0.327 e. The summed E-state index contributed by atoms with van der Waals surface area (Å²) < 4.78 is 0. The number of hydrogen-bond donors (Lipinski definition) is 2. The Hall–Kier alpha value is -2.76. The summed E-state index contributed by atoms with van der Waals surface area (Å²) in [5.41, 5.74) is 1.51. The molecule has 0 radical (unpaired) electrons. The molecule has 0 fully saturated rings. The number of benzene rings is 3. The molecule has 3 aromatic carbocycles. The van der Waals surface area contributed by atoms with E-state index in [0.717, 1.165) is 16.3 Å². The smallest absolute Gasteiger partial charge is 0.327 e. The summed E-state index contributed by atoms with van der Waals surface area (Å²) in [5, 5.41) is 14.1. The van der Waals surface area contributed by atoms with E-state index in [1.807, 2.05) is 72.8 Å². The van der Waals surface area contributed by atoms with Crippen molar-refractivity contribution in [2.75, 3.05) is 18.1 Å². The van der Waals surface area contributed by atoms with E-state index < -0.39 is 0 Å². The molecule has 0 spiro atoms. The molecule has 0 saturated heterocycles. The number of thiocarbonyl (C=S) groups is 1. The Morgan fingerprint density at radius 3 is 2.40 bits per heavy atom. The van der Waals surface area contributed by atoms with Gasteiger partial charge in [-0.05, 0) is 22.9 Å². The van der Waals surface area contributed by atoms with Gasteiger partial charge in [-0.25, -0.2) is 4.79 Å². The second-order valence-corrected chi connectivity index (χ2v) is 5.91. The van der Waals surface area contributed by atoms with Gasteiger partial charge in [-0.15, -0.1) is 0 Å². The quantitative estimate of drug-likeness (QED) is 0.705. The molecule has 0 unspecified atom stereocenters. The highest BCUT2D eigenvalue weighted by Crippen LogP contribution is 2.19. The van der Waals surface area contributed by atoms with Crippen molar-refractivity contribution < 1.29 is 9.90 Å². The molecule has 4 nitrogen and oxygen atoms in total. The number of aliphatic hydroxyl groups excluding tert-OH is 1. The molecule has 126 valence electrons. The minimum absolute atomic E-state index is 0.136. The van der Waals surface area contributed by atoms with Crippen LogP contribution < -0.4 is 10.2 Å². The average molecular weight is 350 g/mol. The average Bonchev–Trinajstić information content (AvgIpc) is 2.66. The number of hydrogen-bond acceptors (Lipinski definition) is 3. The molecule has 0 aliphatic rings. The van der Waals surface area contributed by atoms with E-state index >= 15 is 0 Å². The molecule has 5 heteroatoms. The van der Waals surface area contributed by atoms with E-state index in [1.54, 1.807) is 0 Å². The molecule has 0 heterocycles. The summed E-state index contributed by atoms with van der Waals surface area (Å²) >= 11 is 5.46. The van der Waals surface area contributed by atoms with E-state index in [1.165, 1.54) is 4.90 Å². The molecule has 0 bridgehead atoms. The normalized spacial score (nSPS) is 10.4. The minimum Gasteiger partial charge on any atom is -0.395 e. The van der Waals surface area contributed by atoms with E-state index in [4.69, 9.17) is 12.2 Å². The lowest BCUT2D eigenvalue weighted by atomic mass is 10.0. The predicted octanol–water partition coefficient (Wildman–Crippen LogP) is 3.72. The number of urea groups is 1. The van der Waals surface area contributed by atoms with Crippen molar-refractivity contribution in [2.45, 2.75) is 0 Å². The summed E-state index contributed by atoms with van der Waals surface area (Å²) in [6, 6.07) is 22.5. The van der Waals surface area contributed by atoms with Crippen LogP contribution in [0.3, 0.4) is 0 Å². The van der Waals surface area contributed by atoms with Crippen LogP contribution in [0.2, 0.25) is 0 Å². The number of rotatable bonds is 4. The molecular formula is C20H18N2O2S. The Bertz CT molecular complexity index is 891. The van der Waals surface area contributed by atoms with Crippen LogP contribution in [0.4, 0.5) is 10.5 Å². The van der Waals surface area contributed by atoms with Crippen LogP contribution >= 0.6 is 12.2 Å². The number of para-hydroxylation sites is 1. The first-order chi connectivity index (χ1) is 12.2. The fraction of sp³-hybridized carbons (Fsp3) is 0.100. The predicted molar refractivity (Wildman–Crippen MR) is 105 cm³/mol. The molecule has 0 aliphatic heterocycles. The lowest BCUT2D eigenvalue weighted by Crippen LogP contribution is -2.44. The van der Waals surface area contributed by atoms with E-state index in [0.29, 0.717) is 10.7 Å². The summed E-state index contributed by atoms with van der Waals surface area (Å²) in [5.74, 6) is 0. The van der Waals surface area contributed by atoms with Gasteiger partial charge < -0.3 is 5.11 Å². The number of carbonyl (C=O) groups excluding carboxylic acids is 1. The largest absolute Gasteiger partial charge is 0.395 e. The molecule has 0 aliphatic carbocycles. The zero-order valence-corrected chi connectivity index (χ0v) is 14.4. The SMILES string of the molecule is O=C(NC(=S)c1cccc2ccccc12)N(CCO)c1ccccc1. The highest BCUT2D eigenvalue weighted by atomic mass is 32.1. The molecule has 3 aromatic rings. The zero-order valence-electron chi connectivity index (χ0n) is 13.6. The van der Waals surface area contributed by atoms with Gasteiger partial charge in [0.15, 0.2) is 0 Å². The highest BCUT2D eigenvalue weighted by molar-refractivity contribution is 7.80. The molecule has 2 amide bonds. The third kappa shape index (κ3) is 3.84. The van der Waals surface area contributed by atoms with Gasteiger partial charge >= 0.3 is 6.03 Å². The molecule has 25 heavy (non-hydrogen) atoms. The lowest BCUT2D eigenvalue weighted by Gasteiger charge is -2.22. The Morgan fingerprint density at radius 2 is 1.64 bits per heavy atom. The summed E-state index contributed by atoms with van der Waals surface area (Å²) in [6.45, 7) is 0.0529. The van der Waals surface area contributed by atoms with Crippen LogP contribution in [0, 0.1) is 0 Å². The van der Waals surface area contributed by atoms with Gasteiger partial charge in [0.1, 0.15) is 4.99 Å². The van der Waals surface area contributed by atoms with Gasteiger partial charge in [0.25, 0.3) is 0 Å². The number of nitrogens with one attached hydrogen (secondary N) is 1. The minimum atomic E-state index is -0.363. The standard InChI is InChI=1S/C20H18N2O2S/c23-14-13-22(16-9-2-1-3-10-16)20(24)21-19(25)18-12-6-8-15-7-4-5-11-17(15)18/h1-12,23H,13-14H2,(H,21,24,25). The van der Waals surface area contributed by atoms with Crippen molar-refractivity contribution >= 4 is 39.7 Å². The lowest BCUT2D eigenvalue weighted by molar-refractivity contribution is 0.246. The van der Waals surface area contributed by atoms with Crippen LogP contribution in [0.15, 0.2) is 72.8 Å². The van der Waals surface area contributed by atoms with Crippen molar-refractivity contribution in [1.82, 2.24) is 5.32 Å². The zero-order chi connectivity index (χ0) is 17.6. The van der Waals surface area contributed by atoms with Crippen molar-refractivity contribution in [3.8, 4) is 0 Å². The monoisotopic (exact) mass is 350 g/mol. The Kier molecular flexibility index (Phi) is 5.38. The molecule has 0 aromatic heterocycles. The second-order valence-electron chi connectivity index (χ2n) is 5.50. The van der Waals surface area contributed by atoms with Crippen molar-refractivity contribution in [1.29, 1.82) is 0 Å². The summed E-state index contributed by atoms with van der Waals surface area (Å²) in [4.78, 5) is 14.5. The summed E-state index contributed by atoms with van der Waals surface area (Å²) in [7, 11) is 0. The Balaban J connectivity index is 1.84. The van der Waals surface area contributed by atoms with Crippen LogP contribution in [0.25, 0.3) is 10.8 Å². The highest BCUT2D eigenvalue weighted by Gasteiger charge is 2.17. The number of fused-ring (bicyclic) bond motifs is 1.